The Morgan fingerprint density at radius 2 is 1.89 bits per heavy atom. The molecule has 0 saturated carbocycles. The maximum absolute atomic E-state index is 12.5. The Hall–Kier alpha value is -1.74. The van der Waals surface area contributed by atoms with Gasteiger partial charge in [0.25, 0.3) is 0 Å². The van der Waals surface area contributed by atoms with Crippen molar-refractivity contribution in [3.8, 4) is 11.8 Å². The Balaban J connectivity index is 2.59. The van der Waals surface area contributed by atoms with Crippen molar-refractivity contribution in [2.45, 2.75) is 12.7 Å². The van der Waals surface area contributed by atoms with Crippen LogP contribution in [0.2, 0.25) is 0 Å². The van der Waals surface area contributed by atoms with Crippen molar-refractivity contribution in [1.82, 2.24) is 4.90 Å². The largest absolute Gasteiger partial charge is 0.497 e. The number of methoxy groups -OCH3 is 1. The molecule has 1 rings (SSSR count). The van der Waals surface area contributed by atoms with Crippen molar-refractivity contribution in [1.29, 1.82) is 5.26 Å². The molecule has 0 aromatic heterocycles. The number of benzene rings is 1. The Kier molecular flexibility index (Phi) is 5.19. The van der Waals surface area contributed by atoms with E-state index in [9.17, 15) is 13.2 Å². The van der Waals surface area contributed by atoms with Gasteiger partial charge in [-0.2, -0.15) is 18.4 Å². The van der Waals surface area contributed by atoms with Crippen LogP contribution in [-0.2, 0) is 6.54 Å². The van der Waals surface area contributed by atoms with Crippen LogP contribution in [0.5, 0.6) is 5.75 Å². The van der Waals surface area contributed by atoms with Gasteiger partial charge in [-0.05, 0) is 24.7 Å². The smallest absolute Gasteiger partial charge is 0.405 e. The highest BCUT2D eigenvalue weighted by atomic mass is 19.4. The molecule has 0 aliphatic carbocycles. The summed E-state index contributed by atoms with van der Waals surface area (Å²) in [7, 11) is 3.10. The van der Waals surface area contributed by atoms with Gasteiger partial charge < -0.3 is 9.64 Å². The Bertz CT molecular complexity index is 437. The fourth-order valence-electron chi connectivity index (χ4n) is 1.64. The number of nitriles is 1. The zero-order chi connectivity index (χ0) is 14.5. The fraction of sp³-hybridized carbons (Fsp3) is 0.462. The average molecular weight is 272 g/mol. The normalized spacial score (nSPS) is 13.1. The summed E-state index contributed by atoms with van der Waals surface area (Å²) in [5, 5.41) is 8.53. The average Bonchev–Trinajstić information content (AvgIpc) is 2.35. The minimum Gasteiger partial charge on any atom is -0.497 e. The Morgan fingerprint density at radius 3 is 2.32 bits per heavy atom. The van der Waals surface area contributed by atoms with E-state index in [1.54, 1.807) is 38.4 Å². The first-order chi connectivity index (χ1) is 8.86. The predicted molar refractivity (Wildman–Crippen MR) is 64.5 cm³/mol. The Morgan fingerprint density at radius 1 is 1.32 bits per heavy atom. The summed E-state index contributed by atoms with van der Waals surface area (Å²) in [4.78, 5) is 1.48. The van der Waals surface area contributed by atoms with Crippen LogP contribution < -0.4 is 4.74 Å². The van der Waals surface area contributed by atoms with Crippen molar-refractivity contribution < 1.29 is 17.9 Å². The highest BCUT2D eigenvalue weighted by Crippen LogP contribution is 2.26. The van der Waals surface area contributed by atoms with Crippen molar-refractivity contribution >= 4 is 0 Å². The minimum absolute atomic E-state index is 0.341. The molecule has 0 bridgehead atoms. The lowest BCUT2D eigenvalue weighted by molar-refractivity contribution is -0.162. The second-order valence-electron chi connectivity index (χ2n) is 4.27. The highest BCUT2D eigenvalue weighted by Gasteiger charge is 2.40. The first-order valence-corrected chi connectivity index (χ1v) is 5.64. The van der Waals surface area contributed by atoms with Gasteiger partial charge in [0.05, 0.1) is 13.2 Å². The molecule has 0 radical (unpaired) electrons. The van der Waals surface area contributed by atoms with E-state index in [2.05, 4.69) is 0 Å². The lowest BCUT2D eigenvalue weighted by Crippen LogP contribution is -2.33. The number of rotatable bonds is 5. The van der Waals surface area contributed by atoms with Crippen LogP contribution in [0.4, 0.5) is 13.2 Å². The molecule has 0 saturated heterocycles. The lowest BCUT2D eigenvalue weighted by Gasteiger charge is -2.21. The minimum atomic E-state index is -4.48. The molecule has 0 heterocycles. The molecule has 0 aliphatic heterocycles. The van der Waals surface area contributed by atoms with Gasteiger partial charge >= 0.3 is 6.18 Å². The number of ether oxygens (including phenoxy) is 1. The summed E-state index contributed by atoms with van der Waals surface area (Å²) in [6.45, 7) is 0.00425. The maximum Gasteiger partial charge on any atom is 0.405 e. The zero-order valence-corrected chi connectivity index (χ0v) is 10.7. The van der Waals surface area contributed by atoms with E-state index in [0.29, 0.717) is 12.3 Å². The van der Waals surface area contributed by atoms with Crippen molar-refractivity contribution in [3.05, 3.63) is 29.8 Å². The quantitative estimate of drug-likeness (QED) is 0.827. The van der Waals surface area contributed by atoms with E-state index >= 15 is 0 Å². The van der Waals surface area contributed by atoms with Crippen molar-refractivity contribution in [2.75, 3.05) is 20.7 Å². The van der Waals surface area contributed by atoms with Crippen LogP contribution in [0, 0.1) is 17.2 Å². The summed E-state index contributed by atoms with van der Waals surface area (Å²) < 4.78 is 42.4. The Labute approximate surface area is 110 Å². The van der Waals surface area contributed by atoms with Crippen LogP contribution >= 0.6 is 0 Å². The van der Waals surface area contributed by atoms with Crippen LogP contribution in [0.15, 0.2) is 24.3 Å². The molecule has 0 fully saturated rings. The molecule has 19 heavy (non-hydrogen) atoms. The third kappa shape index (κ3) is 4.79. The van der Waals surface area contributed by atoms with E-state index in [1.165, 1.54) is 11.0 Å². The van der Waals surface area contributed by atoms with Crippen LogP contribution in [0.25, 0.3) is 0 Å². The third-order valence-electron chi connectivity index (χ3n) is 2.66. The topological polar surface area (TPSA) is 36.3 Å². The number of alkyl halides is 3. The molecular formula is C13H15F3N2O. The number of halogens is 3. The van der Waals surface area contributed by atoms with Gasteiger partial charge in [-0.3, -0.25) is 0 Å². The zero-order valence-electron chi connectivity index (χ0n) is 10.7. The van der Waals surface area contributed by atoms with Gasteiger partial charge in [0, 0.05) is 13.1 Å². The molecule has 3 nitrogen and oxygen atoms in total. The summed E-state index contributed by atoms with van der Waals surface area (Å²) >= 11 is 0. The molecule has 1 aromatic rings. The van der Waals surface area contributed by atoms with Gasteiger partial charge in [0.15, 0.2) is 5.92 Å². The van der Waals surface area contributed by atoms with Gasteiger partial charge in [0.2, 0.25) is 0 Å². The molecule has 1 unspecified atom stereocenters. The van der Waals surface area contributed by atoms with E-state index in [-0.39, 0.29) is 6.54 Å². The van der Waals surface area contributed by atoms with Gasteiger partial charge in [-0.15, -0.1) is 0 Å². The number of hydrogen-bond acceptors (Lipinski definition) is 3. The van der Waals surface area contributed by atoms with Crippen LogP contribution in [-0.4, -0.2) is 31.8 Å². The monoisotopic (exact) mass is 272 g/mol. The molecule has 6 heteroatoms. The van der Waals surface area contributed by atoms with Gasteiger partial charge in [-0.1, -0.05) is 12.1 Å². The van der Waals surface area contributed by atoms with Crippen molar-refractivity contribution in [3.63, 3.8) is 0 Å². The second-order valence-corrected chi connectivity index (χ2v) is 4.27. The summed E-state index contributed by atoms with van der Waals surface area (Å²) in [5.74, 6) is -1.27. The number of nitrogens with zero attached hydrogens (tertiary/aromatic N) is 2. The first kappa shape index (κ1) is 15.3. The second kappa shape index (κ2) is 6.43. The van der Waals surface area contributed by atoms with Crippen molar-refractivity contribution in [2.24, 2.45) is 5.92 Å². The predicted octanol–water partition coefficient (Wildman–Crippen LogP) is 2.83. The van der Waals surface area contributed by atoms with E-state index in [4.69, 9.17) is 10.00 Å². The molecule has 0 spiro atoms. The van der Waals surface area contributed by atoms with Crippen LogP contribution in [0.1, 0.15) is 5.56 Å². The molecular weight excluding hydrogens is 257 g/mol. The summed E-state index contributed by atoms with van der Waals surface area (Å²) in [6, 6.07) is 8.34. The van der Waals surface area contributed by atoms with Crippen LogP contribution in [0.3, 0.4) is 0 Å². The van der Waals surface area contributed by atoms with E-state index in [0.717, 1.165) is 5.56 Å². The van der Waals surface area contributed by atoms with Gasteiger partial charge in [0.1, 0.15) is 5.75 Å². The SMILES string of the molecule is COc1ccc(CN(C)CC(C#N)C(F)(F)F)cc1. The third-order valence-corrected chi connectivity index (χ3v) is 2.66. The highest BCUT2D eigenvalue weighted by molar-refractivity contribution is 5.27. The van der Waals surface area contributed by atoms with E-state index in [1.807, 2.05) is 0 Å². The summed E-state index contributed by atoms with van der Waals surface area (Å²) in [5.41, 5.74) is 0.863. The molecule has 0 amide bonds. The molecule has 1 atom stereocenters. The fourth-order valence-corrected chi connectivity index (χ4v) is 1.64. The van der Waals surface area contributed by atoms with Gasteiger partial charge in [-0.25, -0.2) is 0 Å². The molecule has 1 aromatic carbocycles. The molecule has 104 valence electrons. The standard InChI is InChI=1S/C13H15F3N2O/c1-18(9-11(7-17)13(14,15)16)8-10-3-5-12(19-2)6-4-10/h3-6,11H,8-9H2,1-2H3. The lowest BCUT2D eigenvalue weighted by atomic mass is 10.1. The summed E-state index contributed by atoms with van der Waals surface area (Å²) in [6.07, 6.45) is -4.48. The first-order valence-electron chi connectivity index (χ1n) is 5.64. The molecule has 0 N–H and O–H groups in total. The molecule has 0 aliphatic rings. The number of hydrogen-bond donors (Lipinski definition) is 0. The van der Waals surface area contributed by atoms with E-state index < -0.39 is 12.1 Å². The maximum atomic E-state index is 12.5.